The van der Waals surface area contributed by atoms with Crippen LogP contribution in [-0.2, 0) is 6.42 Å². The number of halogens is 1. The number of H-pyrrole nitrogens is 1. The number of ether oxygens (including phenoxy) is 1. The zero-order valence-electron chi connectivity index (χ0n) is 13.4. The minimum atomic E-state index is 0.0414. The second-order valence-corrected chi connectivity index (χ2v) is 6.44. The van der Waals surface area contributed by atoms with Crippen LogP contribution in [0, 0.1) is 0 Å². The van der Waals surface area contributed by atoms with Crippen LogP contribution in [0.15, 0.2) is 36.4 Å². The first kappa shape index (κ1) is 15.4. The van der Waals surface area contributed by atoms with E-state index in [0.29, 0.717) is 12.4 Å². The smallest absolute Gasteiger partial charge is 0.161 e. The lowest BCUT2D eigenvalue weighted by Gasteiger charge is -2.25. The zero-order chi connectivity index (χ0) is 16.7. The Balaban J connectivity index is 1.82. The van der Waals surface area contributed by atoms with E-state index in [1.54, 1.807) is 6.07 Å². The molecule has 0 radical (unpaired) electrons. The molecule has 2 heterocycles. The molecule has 1 aromatic heterocycles. The summed E-state index contributed by atoms with van der Waals surface area (Å²) in [5.74, 6) is 0.683. The van der Waals surface area contributed by atoms with E-state index in [2.05, 4.69) is 10.3 Å². The molecule has 0 fully saturated rings. The van der Waals surface area contributed by atoms with Crippen LogP contribution in [0.4, 0.5) is 0 Å². The number of aromatic nitrogens is 1. The summed E-state index contributed by atoms with van der Waals surface area (Å²) in [6.07, 6.45) is 0.961. The Labute approximate surface area is 145 Å². The average Bonchev–Trinajstić information content (AvgIpc) is 2.95. The van der Waals surface area contributed by atoms with Crippen LogP contribution in [0.25, 0.3) is 10.9 Å². The van der Waals surface area contributed by atoms with Gasteiger partial charge < -0.3 is 20.1 Å². The number of benzene rings is 2. The summed E-state index contributed by atoms with van der Waals surface area (Å²) in [4.78, 5) is 3.53. The first-order valence-corrected chi connectivity index (χ1v) is 8.54. The van der Waals surface area contributed by atoms with Crippen LogP contribution in [0.2, 0.25) is 5.02 Å². The average molecular weight is 343 g/mol. The lowest BCUT2D eigenvalue weighted by Crippen LogP contribution is -2.30. The van der Waals surface area contributed by atoms with Gasteiger partial charge in [0.25, 0.3) is 0 Å². The highest BCUT2D eigenvalue weighted by atomic mass is 35.5. The highest BCUT2D eigenvalue weighted by Gasteiger charge is 2.26. The van der Waals surface area contributed by atoms with Gasteiger partial charge in [-0.2, -0.15) is 0 Å². The molecule has 0 saturated heterocycles. The standard InChI is InChI=1S/C19H19ClN2O2/c1-2-24-17-9-11(3-6-16(17)23)18-19-13(7-8-21-18)14-10-12(20)4-5-15(14)22-19/h3-6,9-10,18,21-23H,2,7-8H2,1H3. The fraction of sp³-hybridized carbons (Fsp3) is 0.263. The third kappa shape index (κ3) is 2.52. The number of rotatable bonds is 3. The van der Waals surface area contributed by atoms with Gasteiger partial charge in [0, 0.05) is 28.2 Å². The molecule has 3 N–H and O–H groups in total. The van der Waals surface area contributed by atoms with Gasteiger partial charge in [0.2, 0.25) is 0 Å². The van der Waals surface area contributed by atoms with Gasteiger partial charge in [-0.1, -0.05) is 17.7 Å². The number of fused-ring (bicyclic) bond motifs is 3. The predicted octanol–water partition coefficient (Wildman–Crippen LogP) is 4.16. The highest BCUT2D eigenvalue weighted by Crippen LogP contribution is 2.37. The zero-order valence-corrected chi connectivity index (χ0v) is 14.2. The maximum absolute atomic E-state index is 9.94. The Bertz CT molecular complexity index is 904. The Morgan fingerprint density at radius 3 is 2.96 bits per heavy atom. The number of aromatic amines is 1. The van der Waals surface area contributed by atoms with Crippen LogP contribution in [0.1, 0.15) is 29.8 Å². The van der Waals surface area contributed by atoms with E-state index in [9.17, 15) is 5.11 Å². The first-order chi connectivity index (χ1) is 11.7. The Hall–Kier alpha value is -2.17. The van der Waals surface area contributed by atoms with Gasteiger partial charge in [0.1, 0.15) is 0 Å². The molecule has 24 heavy (non-hydrogen) atoms. The van der Waals surface area contributed by atoms with Crippen LogP contribution in [0.5, 0.6) is 11.5 Å². The molecule has 0 amide bonds. The normalized spacial score (nSPS) is 17.0. The highest BCUT2D eigenvalue weighted by molar-refractivity contribution is 6.31. The number of phenols is 1. The molecule has 1 aliphatic rings. The lowest BCUT2D eigenvalue weighted by atomic mass is 9.94. The monoisotopic (exact) mass is 342 g/mol. The van der Waals surface area contributed by atoms with Crippen molar-refractivity contribution in [1.29, 1.82) is 0 Å². The summed E-state index contributed by atoms with van der Waals surface area (Å²) >= 11 is 6.17. The SMILES string of the molecule is CCOc1cc(C2NCCc3c2[nH]c2ccc(Cl)cc32)ccc1O. The summed E-state index contributed by atoms with van der Waals surface area (Å²) < 4.78 is 5.53. The van der Waals surface area contributed by atoms with Crippen molar-refractivity contribution in [2.24, 2.45) is 0 Å². The molecule has 1 unspecified atom stereocenters. The first-order valence-electron chi connectivity index (χ1n) is 8.16. The molecule has 0 aliphatic carbocycles. The number of nitrogens with one attached hydrogen (secondary N) is 2. The molecule has 2 aromatic carbocycles. The quantitative estimate of drug-likeness (QED) is 0.670. The molecule has 1 atom stereocenters. The van der Waals surface area contributed by atoms with Crippen molar-refractivity contribution in [2.45, 2.75) is 19.4 Å². The van der Waals surface area contributed by atoms with Crippen molar-refractivity contribution in [3.63, 3.8) is 0 Å². The van der Waals surface area contributed by atoms with Crippen molar-refractivity contribution in [2.75, 3.05) is 13.2 Å². The third-order valence-corrected chi connectivity index (χ3v) is 4.77. The molecule has 0 saturated carbocycles. The second-order valence-electron chi connectivity index (χ2n) is 6.00. The van der Waals surface area contributed by atoms with E-state index in [4.69, 9.17) is 16.3 Å². The molecule has 5 heteroatoms. The van der Waals surface area contributed by atoms with Gasteiger partial charge in [-0.25, -0.2) is 0 Å². The lowest BCUT2D eigenvalue weighted by molar-refractivity contribution is 0.317. The van der Waals surface area contributed by atoms with Crippen LogP contribution in [-0.4, -0.2) is 23.2 Å². The predicted molar refractivity (Wildman–Crippen MR) is 96.1 cm³/mol. The molecule has 4 nitrogen and oxygen atoms in total. The number of phenolic OH excluding ortho intramolecular Hbond substituents is 1. The van der Waals surface area contributed by atoms with Gasteiger partial charge >= 0.3 is 0 Å². The summed E-state index contributed by atoms with van der Waals surface area (Å²) in [5.41, 5.74) is 4.63. The van der Waals surface area contributed by atoms with E-state index in [-0.39, 0.29) is 11.8 Å². The van der Waals surface area contributed by atoms with Crippen LogP contribution < -0.4 is 10.1 Å². The number of hydrogen-bond donors (Lipinski definition) is 3. The van der Waals surface area contributed by atoms with Crippen molar-refractivity contribution in [3.05, 3.63) is 58.2 Å². The topological polar surface area (TPSA) is 57.3 Å². The Kier molecular flexibility index (Phi) is 3.87. The fourth-order valence-electron chi connectivity index (χ4n) is 3.47. The van der Waals surface area contributed by atoms with Crippen LogP contribution >= 0.6 is 11.6 Å². The summed E-state index contributed by atoms with van der Waals surface area (Å²) in [6.45, 7) is 3.32. The van der Waals surface area contributed by atoms with Crippen molar-refractivity contribution < 1.29 is 9.84 Å². The molecule has 0 bridgehead atoms. The number of aromatic hydroxyl groups is 1. The minimum absolute atomic E-state index is 0.0414. The van der Waals surface area contributed by atoms with Crippen molar-refractivity contribution >= 4 is 22.5 Å². The minimum Gasteiger partial charge on any atom is -0.504 e. The van der Waals surface area contributed by atoms with Crippen LogP contribution in [0.3, 0.4) is 0 Å². The van der Waals surface area contributed by atoms with Gasteiger partial charge in [-0.05, 0) is 54.8 Å². The molecule has 4 rings (SSSR count). The van der Waals surface area contributed by atoms with E-state index in [1.807, 2.05) is 37.3 Å². The van der Waals surface area contributed by atoms with E-state index in [1.165, 1.54) is 10.9 Å². The molecular weight excluding hydrogens is 324 g/mol. The summed E-state index contributed by atoms with van der Waals surface area (Å²) in [7, 11) is 0. The summed E-state index contributed by atoms with van der Waals surface area (Å²) in [5, 5.41) is 15.4. The van der Waals surface area contributed by atoms with Gasteiger partial charge in [-0.3, -0.25) is 0 Å². The van der Waals surface area contributed by atoms with E-state index < -0.39 is 0 Å². The number of hydrogen-bond acceptors (Lipinski definition) is 3. The van der Waals surface area contributed by atoms with E-state index >= 15 is 0 Å². The Morgan fingerprint density at radius 2 is 2.12 bits per heavy atom. The van der Waals surface area contributed by atoms with Crippen molar-refractivity contribution in [3.8, 4) is 11.5 Å². The summed E-state index contributed by atoms with van der Waals surface area (Å²) in [6, 6.07) is 11.5. The van der Waals surface area contributed by atoms with Crippen molar-refractivity contribution in [1.82, 2.24) is 10.3 Å². The molecule has 1 aliphatic heterocycles. The largest absolute Gasteiger partial charge is 0.504 e. The van der Waals surface area contributed by atoms with Gasteiger partial charge in [0.15, 0.2) is 11.5 Å². The van der Waals surface area contributed by atoms with Gasteiger partial charge in [-0.15, -0.1) is 0 Å². The van der Waals surface area contributed by atoms with E-state index in [0.717, 1.165) is 34.8 Å². The fourth-order valence-corrected chi connectivity index (χ4v) is 3.64. The Morgan fingerprint density at radius 1 is 1.25 bits per heavy atom. The molecule has 0 spiro atoms. The molecule has 124 valence electrons. The third-order valence-electron chi connectivity index (χ3n) is 4.53. The maximum Gasteiger partial charge on any atom is 0.161 e. The maximum atomic E-state index is 9.94. The second kappa shape index (κ2) is 6.04. The molecule has 3 aromatic rings. The van der Waals surface area contributed by atoms with Gasteiger partial charge in [0.05, 0.1) is 12.6 Å². The molecular formula is C19H19ClN2O2.